The number of rotatable bonds is 2. The number of nitrogens with zero attached hydrogens (tertiary/aromatic N) is 1. The standard InChI is InChI=1S/C13H15N3O2/c1-8-6-10-11(18-5-4-17-10)7-9(8)12(14)13-15-2-3-16-13/h2-3,6-7,12H,4-5,14H2,1H3,(H,15,16). The van der Waals surface area contributed by atoms with Crippen LogP contribution >= 0.6 is 0 Å². The Morgan fingerprint density at radius 1 is 1.28 bits per heavy atom. The smallest absolute Gasteiger partial charge is 0.161 e. The maximum absolute atomic E-state index is 6.20. The Hall–Kier alpha value is -2.01. The van der Waals surface area contributed by atoms with E-state index in [-0.39, 0.29) is 6.04 Å². The molecule has 0 bridgehead atoms. The third kappa shape index (κ3) is 1.82. The lowest BCUT2D eigenvalue weighted by atomic mass is 10.0. The molecule has 94 valence electrons. The number of imidazole rings is 1. The molecular formula is C13H15N3O2. The van der Waals surface area contributed by atoms with Gasteiger partial charge in [-0.1, -0.05) is 0 Å². The van der Waals surface area contributed by atoms with Crippen LogP contribution in [0.25, 0.3) is 0 Å². The molecule has 0 aliphatic carbocycles. The Balaban J connectivity index is 2.01. The summed E-state index contributed by atoms with van der Waals surface area (Å²) in [5.74, 6) is 2.28. The van der Waals surface area contributed by atoms with Crippen molar-refractivity contribution in [1.82, 2.24) is 9.97 Å². The van der Waals surface area contributed by atoms with Gasteiger partial charge in [-0.15, -0.1) is 0 Å². The van der Waals surface area contributed by atoms with E-state index in [1.165, 1.54) is 0 Å². The average molecular weight is 245 g/mol. The van der Waals surface area contributed by atoms with E-state index in [4.69, 9.17) is 15.2 Å². The third-order valence-electron chi connectivity index (χ3n) is 3.08. The quantitative estimate of drug-likeness (QED) is 0.841. The first kappa shape index (κ1) is 11.1. The first-order chi connectivity index (χ1) is 8.75. The Labute approximate surface area is 105 Å². The van der Waals surface area contributed by atoms with Crippen LogP contribution in [0.1, 0.15) is 23.0 Å². The minimum atomic E-state index is -0.282. The molecule has 3 rings (SSSR count). The van der Waals surface area contributed by atoms with Crippen LogP contribution in [-0.4, -0.2) is 23.2 Å². The molecular weight excluding hydrogens is 230 g/mol. The molecule has 2 aromatic rings. The highest BCUT2D eigenvalue weighted by atomic mass is 16.6. The summed E-state index contributed by atoms with van der Waals surface area (Å²) in [5, 5.41) is 0. The number of hydrogen-bond donors (Lipinski definition) is 2. The highest BCUT2D eigenvalue weighted by Gasteiger charge is 2.19. The zero-order chi connectivity index (χ0) is 12.5. The van der Waals surface area contributed by atoms with E-state index in [2.05, 4.69) is 9.97 Å². The molecule has 3 N–H and O–H groups in total. The number of aromatic amines is 1. The maximum atomic E-state index is 6.20. The van der Waals surface area contributed by atoms with Gasteiger partial charge in [0.2, 0.25) is 0 Å². The zero-order valence-electron chi connectivity index (χ0n) is 10.1. The van der Waals surface area contributed by atoms with Gasteiger partial charge in [0.25, 0.3) is 0 Å². The minimum absolute atomic E-state index is 0.282. The van der Waals surface area contributed by atoms with Gasteiger partial charge in [0.15, 0.2) is 11.5 Å². The van der Waals surface area contributed by atoms with Crippen LogP contribution in [0.4, 0.5) is 0 Å². The van der Waals surface area contributed by atoms with Crippen molar-refractivity contribution in [1.29, 1.82) is 0 Å². The number of H-pyrrole nitrogens is 1. The third-order valence-corrected chi connectivity index (χ3v) is 3.08. The molecule has 1 unspecified atom stereocenters. The van der Waals surface area contributed by atoms with E-state index in [1.807, 2.05) is 19.1 Å². The Morgan fingerprint density at radius 2 is 2.00 bits per heavy atom. The van der Waals surface area contributed by atoms with E-state index in [0.717, 1.165) is 28.5 Å². The number of ether oxygens (including phenoxy) is 2. The first-order valence-electron chi connectivity index (χ1n) is 5.90. The van der Waals surface area contributed by atoms with Crippen molar-refractivity contribution in [3.63, 3.8) is 0 Å². The number of aryl methyl sites for hydroxylation is 1. The number of aromatic nitrogens is 2. The van der Waals surface area contributed by atoms with Crippen molar-refractivity contribution in [3.8, 4) is 11.5 Å². The van der Waals surface area contributed by atoms with Gasteiger partial charge >= 0.3 is 0 Å². The summed E-state index contributed by atoms with van der Waals surface area (Å²) in [5.41, 5.74) is 8.27. The van der Waals surface area contributed by atoms with Gasteiger partial charge in [-0.3, -0.25) is 0 Å². The Kier molecular flexibility index (Phi) is 2.68. The number of nitrogens with one attached hydrogen (secondary N) is 1. The van der Waals surface area contributed by atoms with Crippen LogP contribution in [0.5, 0.6) is 11.5 Å². The highest BCUT2D eigenvalue weighted by Crippen LogP contribution is 2.35. The fraction of sp³-hybridized carbons (Fsp3) is 0.308. The largest absolute Gasteiger partial charge is 0.486 e. The average Bonchev–Trinajstić information content (AvgIpc) is 2.91. The van der Waals surface area contributed by atoms with Crippen LogP contribution in [0.15, 0.2) is 24.5 Å². The predicted molar refractivity (Wildman–Crippen MR) is 66.8 cm³/mol. The molecule has 0 fully saturated rings. The number of nitrogens with two attached hydrogens (primary N) is 1. The predicted octanol–water partition coefficient (Wildman–Crippen LogP) is 1.54. The zero-order valence-corrected chi connectivity index (χ0v) is 10.1. The van der Waals surface area contributed by atoms with Gasteiger partial charge in [0, 0.05) is 12.4 Å². The van der Waals surface area contributed by atoms with Crippen molar-refractivity contribution in [2.24, 2.45) is 5.73 Å². The normalized spacial score (nSPS) is 15.4. The van der Waals surface area contributed by atoms with Crippen LogP contribution in [0.3, 0.4) is 0 Å². The van der Waals surface area contributed by atoms with Crippen molar-refractivity contribution < 1.29 is 9.47 Å². The molecule has 5 heteroatoms. The molecule has 1 aromatic carbocycles. The molecule has 1 aliphatic rings. The van der Waals surface area contributed by atoms with Gasteiger partial charge in [-0.2, -0.15) is 0 Å². The summed E-state index contributed by atoms with van der Waals surface area (Å²) in [6.07, 6.45) is 3.46. The van der Waals surface area contributed by atoms with Gasteiger partial charge in [0.1, 0.15) is 19.0 Å². The van der Waals surface area contributed by atoms with E-state index < -0.39 is 0 Å². The number of hydrogen-bond acceptors (Lipinski definition) is 4. The lowest BCUT2D eigenvalue weighted by Gasteiger charge is -2.21. The first-order valence-corrected chi connectivity index (χ1v) is 5.90. The molecule has 1 atom stereocenters. The van der Waals surface area contributed by atoms with Gasteiger partial charge in [0.05, 0.1) is 6.04 Å². The SMILES string of the molecule is Cc1cc2c(cc1C(N)c1ncc[nH]1)OCCO2. The summed E-state index contributed by atoms with van der Waals surface area (Å²) in [6, 6.07) is 3.62. The van der Waals surface area contributed by atoms with Crippen LogP contribution in [0.2, 0.25) is 0 Å². The summed E-state index contributed by atoms with van der Waals surface area (Å²) in [7, 11) is 0. The van der Waals surface area contributed by atoms with E-state index in [0.29, 0.717) is 13.2 Å². The fourth-order valence-corrected chi connectivity index (χ4v) is 2.14. The summed E-state index contributed by atoms with van der Waals surface area (Å²) in [6.45, 7) is 3.18. The van der Waals surface area contributed by atoms with E-state index in [1.54, 1.807) is 12.4 Å². The lowest BCUT2D eigenvalue weighted by Crippen LogP contribution is -2.18. The number of fused-ring (bicyclic) bond motifs is 1. The van der Waals surface area contributed by atoms with Crippen molar-refractivity contribution in [2.45, 2.75) is 13.0 Å². The van der Waals surface area contributed by atoms with Crippen LogP contribution in [0, 0.1) is 6.92 Å². The molecule has 1 aliphatic heterocycles. The molecule has 0 saturated carbocycles. The van der Waals surface area contributed by atoms with Crippen molar-refractivity contribution >= 4 is 0 Å². The minimum Gasteiger partial charge on any atom is -0.486 e. The maximum Gasteiger partial charge on any atom is 0.161 e. The van der Waals surface area contributed by atoms with E-state index in [9.17, 15) is 0 Å². The second-order valence-electron chi connectivity index (χ2n) is 4.30. The lowest BCUT2D eigenvalue weighted by molar-refractivity contribution is 0.171. The summed E-state index contributed by atoms with van der Waals surface area (Å²) < 4.78 is 11.1. The summed E-state index contributed by atoms with van der Waals surface area (Å²) >= 11 is 0. The van der Waals surface area contributed by atoms with E-state index >= 15 is 0 Å². The second kappa shape index (κ2) is 4.34. The van der Waals surface area contributed by atoms with Crippen LogP contribution in [-0.2, 0) is 0 Å². The van der Waals surface area contributed by atoms with Crippen molar-refractivity contribution in [3.05, 3.63) is 41.5 Å². The molecule has 18 heavy (non-hydrogen) atoms. The molecule has 0 saturated heterocycles. The molecule has 2 heterocycles. The Bertz CT molecular complexity index is 552. The van der Waals surface area contributed by atoms with Gasteiger partial charge in [-0.25, -0.2) is 4.98 Å². The van der Waals surface area contributed by atoms with Gasteiger partial charge < -0.3 is 20.2 Å². The molecule has 0 radical (unpaired) electrons. The topological polar surface area (TPSA) is 73.2 Å². The van der Waals surface area contributed by atoms with Crippen molar-refractivity contribution in [2.75, 3.05) is 13.2 Å². The monoisotopic (exact) mass is 245 g/mol. The molecule has 0 spiro atoms. The highest BCUT2D eigenvalue weighted by molar-refractivity contribution is 5.49. The van der Waals surface area contributed by atoms with Gasteiger partial charge in [-0.05, 0) is 30.2 Å². The molecule has 1 aromatic heterocycles. The number of benzene rings is 1. The summed E-state index contributed by atoms with van der Waals surface area (Å²) in [4.78, 5) is 7.23. The molecule has 5 nitrogen and oxygen atoms in total. The Morgan fingerprint density at radius 3 is 2.67 bits per heavy atom. The second-order valence-corrected chi connectivity index (χ2v) is 4.30. The molecule has 0 amide bonds. The fourth-order valence-electron chi connectivity index (χ4n) is 2.14. The van der Waals surface area contributed by atoms with Crippen LogP contribution < -0.4 is 15.2 Å².